The fourth-order valence-corrected chi connectivity index (χ4v) is 2.73. The summed E-state index contributed by atoms with van der Waals surface area (Å²) >= 11 is 0. The Balaban J connectivity index is 2.11. The first-order valence-electron chi connectivity index (χ1n) is 8.45. The third-order valence-corrected chi connectivity index (χ3v) is 4.22. The van der Waals surface area contributed by atoms with Gasteiger partial charge in [0.15, 0.2) is 16.9 Å². The van der Waals surface area contributed by atoms with Crippen LogP contribution in [0.25, 0.3) is 11.2 Å². The lowest BCUT2D eigenvalue weighted by Crippen LogP contribution is -2.29. The Kier molecular flexibility index (Phi) is 4.75. The number of hydrogen-bond acceptors (Lipinski definition) is 5. The monoisotopic (exact) mass is 355 g/mol. The van der Waals surface area contributed by atoms with Gasteiger partial charge in [0.05, 0.1) is 6.54 Å². The van der Waals surface area contributed by atoms with E-state index in [2.05, 4.69) is 15.3 Å². The fourth-order valence-electron chi connectivity index (χ4n) is 2.73. The van der Waals surface area contributed by atoms with Crippen molar-refractivity contribution in [2.75, 3.05) is 11.9 Å². The first kappa shape index (κ1) is 17.7. The summed E-state index contributed by atoms with van der Waals surface area (Å²) in [5, 5.41) is 3.12. The molecule has 0 atom stereocenters. The Hall–Kier alpha value is -3.16. The van der Waals surface area contributed by atoms with Gasteiger partial charge in [-0.1, -0.05) is 36.8 Å². The normalized spacial score (nSPS) is 11.0. The molecule has 0 saturated carbocycles. The van der Waals surface area contributed by atoms with E-state index in [4.69, 9.17) is 0 Å². The summed E-state index contributed by atoms with van der Waals surface area (Å²) in [6.07, 6.45) is 0.852. The number of aromatic amines is 1. The number of fused-ring (bicyclic) bond motifs is 1. The number of aryl methyl sites for hydroxylation is 2. The molecule has 1 aromatic carbocycles. The number of H-pyrrole nitrogens is 1. The van der Waals surface area contributed by atoms with Gasteiger partial charge in [0, 0.05) is 19.2 Å². The molecule has 3 rings (SSSR count). The second kappa shape index (κ2) is 6.99. The Morgan fingerprint density at radius 1 is 1.23 bits per heavy atom. The van der Waals surface area contributed by atoms with E-state index >= 15 is 0 Å². The molecule has 0 amide bonds. The lowest BCUT2D eigenvalue weighted by molar-refractivity contribution is 0.0974. The summed E-state index contributed by atoms with van der Waals surface area (Å²) in [4.78, 5) is 43.5. The van der Waals surface area contributed by atoms with Crippen LogP contribution < -0.4 is 16.6 Å². The third kappa shape index (κ3) is 3.17. The number of rotatable bonds is 6. The van der Waals surface area contributed by atoms with Crippen LogP contribution in [-0.4, -0.2) is 31.4 Å². The van der Waals surface area contributed by atoms with Crippen LogP contribution in [0.15, 0.2) is 33.9 Å². The van der Waals surface area contributed by atoms with Crippen LogP contribution in [0, 0.1) is 6.92 Å². The Morgan fingerprint density at radius 3 is 2.58 bits per heavy atom. The molecule has 0 radical (unpaired) electrons. The van der Waals surface area contributed by atoms with Crippen molar-refractivity contribution >= 4 is 22.9 Å². The Bertz CT molecular complexity index is 1070. The van der Waals surface area contributed by atoms with Crippen molar-refractivity contribution in [1.29, 1.82) is 0 Å². The summed E-state index contributed by atoms with van der Waals surface area (Å²) in [6, 6.07) is 7.25. The zero-order valence-corrected chi connectivity index (χ0v) is 15.0. The van der Waals surface area contributed by atoms with E-state index in [0.29, 0.717) is 18.1 Å². The van der Waals surface area contributed by atoms with E-state index < -0.39 is 11.2 Å². The zero-order valence-electron chi connectivity index (χ0n) is 15.0. The number of Topliss-reactive ketones (excluding diaryl/α,β-unsaturated/α-hetero) is 1. The van der Waals surface area contributed by atoms with E-state index in [9.17, 15) is 14.4 Å². The largest absolute Gasteiger partial charge is 0.356 e. The van der Waals surface area contributed by atoms with Crippen molar-refractivity contribution in [3.8, 4) is 0 Å². The zero-order chi connectivity index (χ0) is 18.8. The smallest absolute Gasteiger partial charge is 0.329 e. The number of anilines is 1. The number of benzene rings is 1. The summed E-state index contributed by atoms with van der Waals surface area (Å²) in [7, 11) is 1.53. The molecule has 2 aromatic heterocycles. The van der Waals surface area contributed by atoms with Gasteiger partial charge in [0.2, 0.25) is 5.95 Å². The van der Waals surface area contributed by atoms with Crippen LogP contribution in [0.4, 0.5) is 5.95 Å². The highest BCUT2D eigenvalue weighted by atomic mass is 16.2. The second-order valence-corrected chi connectivity index (χ2v) is 6.23. The van der Waals surface area contributed by atoms with E-state index in [-0.39, 0.29) is 23.5 Å². The highest BCUT2D eigenvalue weighted by Crippen LogP contribution is 2.17. The highest BCUT2D eigenvalue weighted by Gasteiger charge is 2.19. The second-order valence-electron chi connectivity index (χ2n) is 6.23. The molecule has 0 unspecified atom stereocenters. The lowest BCUT2D eigenvalue weighted by Gasteiger charge is -2.09. The summed E-state index contributed by atoms with van der Waals surface area (Å²) in [5.74, 6) is 0.256. The minimum atomic E-state index is -0.558. The molecule has 136 valence electrons. The van der Waals surface area contributed by atoms with Crippen molar-refractivity contribution in [1.82, 2.24) is 19.1 Å². The number of nitrogens with one attached hydrogen (secondary N) is 2. The minimum Gasteiger partial charge on any atom is -0.356 e. The topological polar surface area (TPSA) is 102 Å². The molecule has 26 heavy (non-hydrogen) atoms. The van der Waals surface area contributed by atoms with Crippen LogP contribution in [0.2, 0.25) is 0 Å². The molecule has 0 fully saturated rings. The number of ketones is 1. The summed E-state index contributed by atoms with van der Waals surface area (Å²) in [6.45, 7) is 4.53. The molecular weight excluding hydrogens is 334 g/mol. The number of hydrogen-bond donors (Lipinski definition) is 2. The Morgan fingerprint density at radius 2 is 1.92 bits per heavy atom. The van der Waals surface area contributed by atoms with Gasteiger partial charge in [-0.25, -0.2) is 4.79 Å². The van der Waals surface area contributed by atoms with Gasteiger partial charge in [0.25, 0.3) is 5.56 Å². The number of nitrogens with zero attached hydrogens (tertiary/aromatic N) is 3. The van der Waals surface area contributed by atoms with Gasteiger partial charge >= 0.3 is 5.69 Å². The standard InChI is InChI=1S/C18H21N5O3/c1-4-9-19-17-20-15-14(16(25)21-18(26)22(15)3)23(17)10-13(24)12-7-5-11(2)6-8-12/h5-8H,4,9-10H2,1-3H3,(H,19,20)(H,21,25,26). The molecule has 2 heterocycles. The highest BCUT2D eigenvalue weighted by molar-refractivity contribution is 5.97. The van der Waals surface area contributed by atoms with Crippen molar-refractivity contribution in [2.45, 2.75) is 26.8 Å². The van der Waals surface area contributed by atoms with Crippen LogP contribution in [0.5, 0.6) is 0 Å². The van der Waals surface area contributed by atoms with Crippen molar-refractivity contribution < 1.29 is 4.79 Å². The average molecular weight is 355 g/mol. The van der Waals surface area contributed by atoms with Gasteiger partial charge < -0.3 is 5.32 Å². The first-order valence-corrected chi connectivity index (χ1v) is 8.45. The molecule has 0 bridgehead atoms. The predicted molar refractivity (Wildman–Crippen MR) is 99.9 cm³/mol. The van der Waals surface area contributed by atoms with Gasteiger partial charge in [0.1, 0.15) is 0 Å². The van der Waals surface area contributed by atoms with Crippen molar-refractivity contribution in [3.05, 3.63) is 56.2 Å². The maximum atomic E-state index is 12.7. The third-order valence-electron chi connectivity index (χ3n) is 4.22. The Labute approximate surface area is 149 Å². The van der Waals surface area contributed by atoms with Crippen molar-refractivity contribution in [2.24, 2.45) is 7.05 Å². The molecule has 0 aliphatic carbocycles. The van der Waals surface area contributed by atoms with Gasteiger partial charge in [-0.2, -0.15) is 4.98 Å². The predicted octanol–water partition coefficient (Wildman–Crippen LogP) is 1.44. The number of carbonyl (C=O) groups excluding carboxylic acids is 1. The quantitative estimate of drug-likeness (QED) is 0.652. The fraction of sp³-hybridized carbons (Fsp3) is 0.333. The van der Waals surface area contributed by atoms with Crippen LogP contribution in [0.3, 0.4) is 0 Å². The number of imidazole rings is 1. The van der Waals surface area contributed by atoms with Crippen LogP contribution in [-0.2, 0) is 13.6 Å². The van der Waals surface area contributed by atoms with E-state index in [0.717, 1.165) is 12.0 Å². The lowest BCUT2D eigenvalue weighted by atomic mass is 10.1. The molecule has 0 aliphatic heterocycles. The molecule has 8 heteroatoms. The average Bonchev–Trinajstić information content (AvgIpc) is 2.97. The molecule has 2 N–H and O–H groups in total. The van der Waals surface area contributed by atoms with Gasteiger partial charge in [-0.3, -0.25) is 23.7 Å². The summed E-state index contributed by atoms with van der Waals surface area (Å²) < 4.78 is 2.80. The van der Waals surface area contributed by atoms with Crippen LogP contribution >= 0.6 is 0 Å². The van der Waals surface area contributed by atoms with E-state index in [1.807, 2.05) is 26.0 Å². The number of aromatic nitrogens is 4. The van der Waals surface area contributed by atoms with Crippen molar-refractivity contribution in [3.63, 3.8) is 0 Å². The maximum absolute atomic E-state index is 12.7. The minimum absolute atomic E-state index is 0.0487. The molecule has 0 spiro atoms. The maximum Gasteiger partial charge on any atom is 0.329 e. The molecule has 3 aromatic rings. The van der Waals surface area contributed by atoms with E-state index in [1.165, 1.54) is 16.2 Å². The molecule has 0 saturated heterocycles. The molecule has 0 aliphatic rings. The number of carbonyl (C=O) groups is 1. The summed E-state index contributed by atoms with van der Waals surface area (Å²) in [5.41, 5.74) is 0.961. The van der Waals surface area contributed by atoms with Gasteiger partial charge in [-0.15, -0.1) is 0 Å². The SMILES string of the molecule is CCCNc1nc2c(c(=O)[nH]c(=O)n2C)n1CC(=O)c1ccc(C)cc1. The van der Waals surface area contributed by atoms with E-state index in [1.54, 1.807) is 12.1 Å². The van der Waals surface area contributed by atoms with Crippen LogP contribution in [0.1, 0.15) is 29.3 Å². The molecular formula is C18H21N5O3. The molecule has 8 nitrogen and oxygen atoms in total. The van der Waals surface area contributed by atoms with Gasteiger partial charge in [-0.05, 0) is 13.3 Å². The first-order chi connectivity index (χ1) is 12.4.